The molecule has 0 radical (unpaired) electrons. The van der Waals surface area contributed by atoms with Crippen molar-refractivity contribution in [3.05, 3.63) is 51.9 Å². The van der Waals surface area contributed by atoms with Crippen LogP contribution in [-0.2, 0) is 0 Å². The van der Waals surface area contributed by atoms with Crippen LogP contribution in [0.3, 0.4) is 0 Å². The molecule has 2 aromatic rings. The molecule has 0 saturated carbocycles. The lowest BCUT2D eigenvalue weighted by Crippen LogP contribution is -2.37. The van der Waals surface area contributed by atoms with E-state index in [1.54, 1.807) is 24.3 Å². The Labute approximate surface area is 155 Å². The molecule has 0 bridgehead atoms. The molecule has 1 unspecified atom stereocenters. The number of esters is 1. The second kappa shape index (κ2) is 6.92. The number of phenols is 1. The summed E-state index contributed by atoms with van der Waals surface area (Å²) >= 11 is 3.56. The van der Waals surface area contributed by atoms with Gasteiger partial charge in [0, 0.05) is 35.0 Å². The summed E-state index contributed by atoms with van der Waals surface area (Å²) in [5.41, 5.74) is 1.83. The number of carbonyl (C=O) groups excluding carboxylic acids is 1. The molecule has 1 N–H and O–H groups in total. The maximum Gasteiger partial charge on any atom is 0.347 e. The largest absolute Gasteiger partial charge is 0.506 e. The van der Waals surface area contributed by atoms with Crippen LogP contribution in [0.15, 0.2) is 30.3 Å². The minimum atomic E-state index is -0.558. The number of alkyl halides is 1. The Bertz CT molecular complexity index is 936. The van der Waals surface area contributed by atoms with Crippen LogP contribution in [0.2, 0.25) is 0 Å². The zero-order chi connectivity index (χ0) is 18.1. The van der Waals surface area contributed by atoms with Crippen molar-refractivity contribution in [2.24, 2.45) is 0 Å². The Morgan fingerprint density at radius 3 is 2.56 bits per heavy atom. The minimum Gasteiger partial charge on any atom is -0.506 e. The first kappa shape index (κ1) is 17.5. The van der Waals surface area contributed by atoms with Gasteiger partial charge < -0.3 is 14.7 Å². The molecule has 1 atom stereocenters. The van der Waals surface area contributed by atoms with E-state index in [2.05, 4.69) is 22.0 Å². The van der Waals surface area contributed by atoms with Crippen LogP contribution in [-0.4, -0.2) is 30.0 Å². The highest BCUT2D eigenvalue weighted by Crippen LogP contribution is 2.26. The van der Waals surface area contributed by atoms with Crippen LogP contribution in [0.1, 0.15) is 22.3 Å². The molecular weight excluding hydrogens is 382 g/mol. The molecule has 1 aliphatic rings. The van der Waals surface area contributed by atoms with E-state index in [1.165, 1.54) is 0 Å². The maximum atomic E-state index is 12.8. The standard InChI is InChI=1S/C20H20BrNO3/c1-12-17(20(24)25-14-7-5-4-6-8-14)19(23)16-11-13(21)9-10-15(16)18(12)22(2)3/h4-8,10-11,13,23H,9H2,1-3H3. The van der Waals surface area contributed by atoms with Gasteiger partial charge in [-0.2, -0.15) is 0 Å². The molecule has 0 aliphatic heterocycles. The van der Waals surface area contributed by atoms with Gasteiger partial charge in [0.25, 0.3) is 0 Å². The molecule has 0 heterocycles. The fourth-order valence-corrected chi connectivity index (χ4v) is 3.67. The number of carbonyl (C=O) groups is 1. The second-order valence-electron chi connectivity index (χ2n) is 6.24. The monoisotopic (exact) mass is 401 g/mol. The molecule has 25 heavy (non-hydrogen) atoms. The Morgan fingerprint density at radius 2 is 1.92 bits per heavy atom. The molecule has 4 nitrogen and oxygen atoms in total. The first-order chi connectivity index (χ1) is 11.9. The number of hydrogen-bond donors (Lipinski definition) is 1. The minimum absolute atomic E-state index is 0.0283. The lowest BCUT2D eigenvalue weighted by molar-refractivity contribution is 0.0730. The molecule has 3 rings (SSSR count). The van der Waals surface area contributed by atoms with Gasteiger partial charge in [0.2, 0.25) is 0 Å². The Kier molecular flexibility index (Phi) is 4.86. The van der Waals surface area contributed by atoms with Gasteiger partial charge in [-0.3, -0.25) is 0 Å². The lowest BCUT2D eigenvalue weighted by Gasteiger charge is -2.22. The number of aromatic hydroxyl groups is 1. The number of halogens is 1. The third-order valence-corrected chi connectivity index (χ3v) is 4.91. The number of fused-ring (bicyclic) bond motifs is 1. The van der Waals surface area contributed by atoms with E-state index < -0.39 is 5.97 Å². The highest BCUT2D eigenvalue weighted by Gasteiger charge is 2.24. The fourth-order valence-electron chi connectivity index (χ4n) is 3.22. The van der Waals surface area contributed by atoms with Gasteiger partial charge in [0.1, 0.15) is 17.1 Å². The van der Waals surface area contributed by atoms with Crippen molar-refractivity contribution in [2.75, 3.05) is 19.0 Å². The van der Waals surface area contributed by atoms with Crippen LogP contribution in [0.4, 0.5) is 5.69 Å². The fraction of sp³-hybridized carbons (Fsp3) is 0.250. The summed E-state index contributed by atoms with van der Waals surface area (Å²) in [6.07, 6.45) is 4.86. The highest BCUT2D eigenvalue weighted by molar-refractivity contribution is 9.09. The smallest absolute Gasteiger partial charge is 0.347 e. The number of nitrogens with zero attached hydrogens (tertiary/aromatic N) is 1. The summed E-state index contributed by atoms with van der Waals surface area (Å²) in [5, 5.41) is 12.4. The molecule has 0 aromatic heterocycles. The Balaban J connectivity index is 2.21. The van der Waals surface area contributed by atoms with E-state index >= 15 is 0 Å². The van der Waals surface area contributed by atoms with Crippen molar-refractivity contribution in [3.8, 4) is 11.5 Å². The van der Waals surface area contributed by atoms with Crippen molar-refractivity contribution in [2.45, 2.75) is 18.2 Å². The molecule has 2 aromatic carbocycles. The second-order valence-corrected chi connectivity index (χ2v) is 7.42. The predicted octanol–water partition coefficient (Wildman–Crippen LogP) is 2.71. The van der Waals surface area contributed by atoms with E-state index in [9.17, 15) is 9.90 Å². The number of ether oxygens (including phenoxy) is 1. The molecular formula is C20H20BrNO3. The molecule has 130 valence electrons. The van der Waals surface area contributed by atoms with Crippen LogP contribution in [0.25, 0.3) is 12.2 Å². The van der Waals surface area contributed by atoms with E-state index in [4.69, 9.17) is 4.74 Å². The number of para-hydroxylation sites is 1. The molecule has 1 aliphatic carbocycles. The lowest BCUT2D eigenvalue weighted by atomic mass is 9.96. The zero-order valence-corrected chi connectivity index (χ0v) is 16.0. The number of anilines is 1. The average molecular weight is 402 g/mol. The summed E-state index contributed by atoms with van der Waals surface area (Å²) < 4.78 is 5.46. The third kappa shape index (κ3) is 3.29. The number of phenolic OH excluding ortho intramolecular Hbond substituents is 1. The van der Waals surface area contributed by atoms with Crippen LogP contribution >= 0.6 is 15.9 Å². The van der Waals surface area contributed by atoms with Gasteiger partial charge in [-0.05, 0) is 31.0 Å². The van der Waals surface area contributed by atoms with Gasteiger partial charge in [0.05, 0.1) is 0 Å². The average Bonchev–Trinajstić information content (AvgIpc) is 2.56. The molecule has 0 fully saturated rings. The molecule has 0 amide bonds. The van der Waals surface area contributed by atoms with Crippen molar-refractivity contribution in [1.82, 2.24) is 0 Å². The summed E-state index contributed by atoms with van der Waals surface area (Å²) in [5.74, 6) is -0.138. The third-order valence-electron chi connectivity index (χ3n) is 4.27. The summed E-state index contributed by atoms with van der Waals surface area (Å²) in [4.78, 5) is 14.9. The molecule has 0 spiro atoms. The van der Waals surface area contributed by atoms with Gasteiger partial charge in [0.15, 0.2) is 0 Å². The Hall–Kier alpha value is -2.27. The van der Waals surface area contributed by atoms with E-state index in [1.807, 2.05) is 38.1 Å². The summed E-state index contributed by atoms with van der Waals surface area (Å²) in [6, 6.07) is 8.87. The molecule has 5 heteroatoms. The van der Waals surface area contributed by atoms with E-state index in [0.717, 1.165) is 17.3 Å². The first-order valence-corrected chi connectivity index (χ1v) is 8.98. The number of benzene rings is 2. The summed E-state index contributed by atoms with van der Waals surface area (Å²) in [6.45, 7) is 1.84. The molecule has 0 saturated heterocycles. The first-order valence-electron chi connectivity index (χ1n) is 8.06. The van der Waals surface area contributed by atoms with Crippen LogP contribution < -0.4 is 20.1 Å². The van der Waals surface area contributed by atoms with Crippen molar-refractivity contribution < 1.29 is 14.6 Å². The van der Waals surface area contributed by atoms with Crippen molar-refractivity contribution >= 4 is 39.7 Å². The summed E-state index contributed by atoms with van der Waals surface area (Å²) in [7, 11) is 3.86. The quantitative estimate of drug-likeness (QED) is 0.488. The van der Waals surface area contributed by atoms with Gasteiger partial charge in [-0.25, -0.2) is 4.79 Å². The van der Waals surface area contributed by atoms with Crippen molar-refractivity contribution in [1.29, 1.82) is 0 Å². The Morgan fingerprint density at radius 1 is 1.24 bits per heavy atom. The SMILES string of the molecule is Cc1c(C(=O)Oc2ccccc2)c(O)c2c(c1N(C)C)=CCC(Br)C=2. The van der Waals surface area contributed by atoms with Gasteiger partial charge in [-0.15, -0.1) is 0 Å². The zero-order valence-electron chi connectivity index (χ0n) is 14.4. The predicted molar refractivity (Wildman–Crippen MR) is 104 cm³/mol. The highest BCUT2D eigenvalue weighted by atomic mass is 79.9. The number of rotatable bonds is 3. The van der Waals surface area contributed by atoms with Crippen molar-refractivity contribution in [3.63, 3.8) is 0 Å². The maximum absolute atomic E-state index is 12.8. The topological polar surface area (TPSA) is 49.8 Å². The van der Waals surface area contributed by atoms with E-state index in [-0.39, 0.29) is 16.1 Å². The van der Waals surface area contributed by atoms with Crippen LogP contribution in [0.5, 0.6) is 11.5 Å². The normalized spacial score (nSPS) is 15.6. The van der Waals surface area contributed by atoms with Gasteiger partial charge in [-0.1, -0.05) is 46.3 Å². The van der Waals surface area contributed by atoms with Gasteiger partial charge >= 0.3 is 5.97 Å². The number of hydrogen-bond acceptors (Lipinski definition) is 4. The van der Waals surface area contributed by atoms with Crippen LogP contribution in [0, 0.1) is 6.92 Å². The van der Waals surface area contributed by atoms with E-state index in [0.29, 0.717) is 16.5 Å².